The normalized spacial score (nSPS) is 16.1. The van der Waals surface area contributed by atoms with E-state index in [1.165, 1.54) is 0 Å². The summed E-state index contributed by atoms with van der Waals surface area (Å²) in [5.74, 6) is 0.738. The highest BCUT2D eigenvalue weighted by Gasteiger charge is 2.31. The van der Waals surface area contributed by atoms with E-state index in [4.69, 9.17) is 21.8 Å². The molecule has 0 fully saturated rings. The molecule has 1 atom stereocenters. The lowest BCUT2D eigenvalue weighted by Gasteiger charge is -2.34. The maximum Gasteiger partial charge on any atom is 0.235 e. The highest BCUT2D eigenvalue weighted by Crippen LogP contribution is 2.24. The number of amides is 2. The summed E-state index contributed by atoms with van der Waals surface area (Å²) < 4.78 is 5.81. The molecule has 3 N–H and O–H groups in total. The Morgan fingerprint density at radius 2 is 1.80 bits per heavy atom. The van der Waals surface area contributed by atoms with Crippen molar-refractivity contribution in [2.45, 2.75) is 25.6 Å². The van der Waals surface area contributed by atoms with Crippen LogP contribution in [0.3, 0.4) is 0 Å². The van der Waals surface area contributed by atoms with E-state index in [-0.39, 0.29) is 19.0 Å². The van der Waals surface area contributed by atoms with Gasteiger partial charge in [-0.05, 0) is 53.9 Å². The van der Waals surface area contributed by atoms with Gasteiger partial charge in [0.25, 0.3) is 0 Å². The molecule has 2 aromatic carbocycles. The molecule has 0 spiro atoms. The quantitative estimate of drug-likeness (QED) is 0.637. The molecule has 4 rings (SSSR count). The van der Waals surface area contributed by atoms with Crippen LogP contribution in [0.15, 0.2) is 65.1 Å². The zero-order chi connectivity index (χ0) is 21.1. The Balaban J connectivity index is 1.36. The number of halogens is 1. The molecule has 1 aromatic heterocycles. The van der Waals surface area contributed by atoms with Gasteiger partial charge in [0.2, 0.25) is 11.8 Å². The molecule has 2 amide bonds. The first-order chi connectivity index (χ1) is 14.5. The smallest absolute Gasteiger partial charge is 0.235 e. The van der Waals surface area contributed by atoms with E-state index in [0.717, 1.165) is 16.7 Å². The van der Waals surface area contributed by atoms with Crippen molar-refractivity contribution >= 4 is 23.4 Å². The fourth-order valence-corrected chi connectivity index (χ4v) is 3.82. The lowest BCUT2D eigenvalue weighted by molar-refractivity contribution is -0.127. The van der Waals surface area contributed by atoms with Crippen molar-refractivity contribution in [2.24, 2.45) is 5.73 Å². The first kappa shape index (κ1) is 20.2. The summed E-state index contributed by atoms with van der Waals surface area (Å²) in [6.07, 6.45) is 0.515. The SMILES string of the molecule is NC(=O)C1Cc2ccccc2CN1CC(=O)NCc1ccc(-c2ccc(Cl)cc2)o1. The predicted octanol–water partition coefficient (Wildman–Crippen LogP) is 3.13. The Kier molecular flexibility index (Phi) is 5.88. The van der Waals surface area contributed by atoms with E-state index in [9.17, 15) is 9.59 Å². The van der Waals surface area contributed by atoms with Crippen LogP contribution in [0.4, 0.5) is 0 Å². The minimum absolute atomic E-state index is 0.0900. The summed E-state index contributed by atoms with van der Waals surface area (Å²) in [5.41, 5.74) is 8.71. The van der Waals surface area contributed by atoms with Gasteiger partial charge in [0.05, 0.1) is 19.1 Å². The molecular formula is C23H22ClN3O3. The number of hydrogen-bond acceptors (Lipinski definition) is 4. The predicted molar refractivity (Wildman–Crippen MR) is 115 cm³/mol. The summed E-state index contributed by atoms with van der Waals surface area (Å²) in [4.78, 5) is 26.3. The molecule has 0 saturated heterocycles. The number of benzene rings is 2. The number of hydrogen-bond donors (Lipinski definition) is 2. The summed E-state index contributed by atoms with van der Waals surface area (Å²) in [5, 5.41) is 3.52. The maximum atomic E-state index is 12.5. The molecule has 6 nitrogen and oxygen atoms in total. The Morgan fingerprint density at radius 1 is 1.07 bits per heavy atom. The van der Waals surface area contributed by atoms with Gasteiger partial charge in [-0.15, -0.1) is 0 Å². The lowest BCUT2D eigenvalue weighted by atomic mass is 9.93. The van der Waals surface area contributed by atoms with E-state index < -0.39 is 11.9 Å². The molecule has 0 radical (unpaired) electrons. The van der Waals surface area contributed by atoms with Crippen LogP contribution >= 0.6 is 11.6 Å². The van der Waals surface area contributed by atoms with Crippen LogP contribution in [0.25, 0.3) is 11.3 Å². The third-order valence-electron chi connectivity index (χ3n) is 5.27. The number of furan rings is 1. The van der Waals surface area contributed by atoms with Crippen molar-refractivity contribution in [1.29, 1.82) is 0 Å². The molecule has 1 unspecified atom stereocenters. The van der Waals surface area contributed by atoms with Crippen LogP contribution in [0.5, 0.6) is 0 Å². The molecule has 1 aliphatic heterocycles. The van der Waals surface area contributed by atoms with Gasteiger partial charge < -0.3 is 15.5 Å². The van der Waals surface area contributed by atoms with E-state index in [2.05, 4.69) is 5.32 Å². The number of nitrogens with one attached hydrogen (secondary N) is 1. The van der Waals surface area contributed by atoms with Gasteiger partial charge in [-0.3, -0.25) is 14.5 Å². The first-order valence-corrected chi connectivity index (χ1v) is 10.1. The van der Waals surface area contributed by atoms with Crippen LogP contribution in [0.2, 0.25) is 5.02 Å². The number of carbonyl (C=O) groups excluding carboxylic acids is 2. The van der Waals surface area contributed by atoms with Gasteiger partial charge in [0.1, 0.15) is 11.5 Å². The molecule has 2 heterocycles. The third kappa shape index (κ3) is 4.56. The van der Waals surface area contributed by atoms with Crippen LogP contribution in [-0.4, -0.2) is 29.3 Å². The third-order valence-corrected chi connectivity index (χ3v) is 5.52. The topological polar surface area (TPSA) is 88.6 Å². The largest absolute Gasteiger partial charge is 0.459 e. The van der Waals surface area contributed by atoms with E-state index in [1.807, 2.05) is 53.4 Å². The first-order valence-electron chi connectivity index (χ1n) is 9.71. The average Bonchev–Trinajstić information content (AvgIpc) is 3.21. The minimum Gasteiger partial charge on any atom is -0.459 e. The maximum absolute atomic E-state index is 12.5. The number of nitrogens with zero attached hydrogens (tertiary/aromatic N) is 1. The monoisotopic (exact) mass is 423 g/mol. The molecular weight excluding hydrogens is 402 g/mol. The van der Waals surface area contributed by atoms with Gasteiger partial charge in [-0.2, -0.15) is 0 Å². The second-order valence-corrected chi connectivity index (χ2v) is 7.78. The van der Waals surface area contributed by atoms with Crippen LogP contribution < -0.4 is 11.1 Å². The standard InChI is InChI=1S/C23H22ClN3O3/c24-18-7-5-15(6-8-18)21-10-9-19(30-21)12-26-22(28)14-27-13-17-4-2-1-3-16(17)11-20(27)23(25)29/h1-10,20H,11-14H2,(H2,25,29)(H,26,28). The van der Waals surface area contributed by atoms with Gasteiger partial charge >= 0.3 is 0 Å². The molecule has 7 heteroatoms. The van der Waals surface area contributed by atoms with E-state index in [0.29, 0.717) is 29.5 Å². The van der Waals surface area contributed by atoms with Gasteiger partial charge in [-0.1, -0.05) is 35.9 Å². The lowest BCUT2D eigenvalue weighted by Crippen LogP contribution is -2.51. The summed E-state index contributed by atoms with van der Waals surface area (Å²) in [6.45, 7) is 0.865. The van der Waals surface area contributed by atoms with Gasteiger partial charge in [0.15, 0.2) is 0 Å². The minimum atomic E-state index is -0.495. The molecule has 0 aliphatic carbocycles. The number of nitrogens with two attached hydrogens (primary N) is 1. The van der Waals surface area contributed by atoms with E-state index in [1.54, 1.807) is 12.1 Å². The fourth-order valence-electron chi connectivity index (χ4n) is 3.69. The van der Waals surface area contributed by atoms with Crippen LogP contribution in [0.1, 0.15) is 16.9 Å². The van der Waals surface area contributed by atoms with Crippen LogP contribution in [0, 0.1) is 0 Å². The summed E-state index contributed by atoms with van der Waals surface area (Å²) in [6, 6.07) is 18.4. The van der Waals surface area contributed by atoms with Crippen molar-refractivity contribution in [3.8, 4) is 11.3 Å². The van der Waals surface area contributed by atoms with Crippen LogP contribution in [-0.2, 0) is 29.1 Å². The Hall–Kier alpha value is -3.09. The Morgan fingerprint density at radius 3 is 2.53 bits per heavy atom. The zero-order valence-electron chi connectivity index (χ0n) is 16.3. The van der Waals surface area contributed by atoms with Crippen molar-refractivity contribution in [3.05, 3.63) is 82.6 Å². The second kappa shape index (κ2) is 8.73. The highest BCUT2D eigenvalue weighted by atomic mass is 35.5. The van der Waals surface area contributed by atoms with Crippen molar-refractivity contribution in [2.75, 3.05) is 6.54 Å². The molecule has 0 saturated carbocycles. The van der Waals surface area contributed by atoms with Gasteiger partial charge in [-0.25, -0.2) is 0 Å². The Labute approximate surface area is 179 Å². The van der Waals surface area contributed by atoms with Gasteiger partial charge in [0, 0.05) is 17.1 Å². The molecule has 1 aliphatic rings. The van der Waals surface area contributed by atoms with Crippen molar-refractivity contribution in [1.82, 2.24) is 10.2 Å². The highest BCUT2D eigenvalue weighted by molar-refractivity contribution is 6.30. The van der Waals surface area contributed by atoms with E-state index >= 15 is 0 Å². The Bertz CT molecular complexity index is 1060. The number of fused-ring (bicyclic) bond motifs is 1. The molecule has 3 aromatic rings. The number of rotatable bonds is 6. The molecule has 154 valence electrons. The second-order valence-electron chi connectivity index (χ2n) is 7.35. The zero-order valence-corrected chi connectivity index (χ0v) is 17.1. The average molecular weight is 424 g/mol. The van der Waals surface area contributed by atoms with Crippen molar-refractivity contribution in [3.63, 3.8) is 0 Å². The summed E-state index contributed by atoms with van der Waals surface area (Å²) >= 11 is 5.92. The van der Waals surface area contributed by atoms with Crippen molar-refractivity contribution < 1.29 is 14.0 Å². The molecule has 0 bridgehead atoms. The summed E-state index contributed by atoms with van der Waals surface area (Å²) in [7, 11) is 0. The fraction of sp³-hybridized carbons (Fsp3) is 0.217. The number of carbonyl (C=O) groups is 2. The number of primary amides is 1. The molecule has 30 heavy (non-hydrogen) atoms.